The van der Waals surface area contributed by atoms with Gasteiger partial charge in [0.15, 0.2) is 0 Å². The van der Waals surface area contributed by atoms with Crippen molar-refractivity contribution in [2.24, 2.45) is 0 Å². The van der Waals surface area contributed by atoms with Gasteiger partial charge in [-0.05, 0) is 113 Å². The molecule has 8 aromatic rings. The van der Waals surface area contributed by atoms with Crippen molar-refractivity contribution in [1.29, 1.82) is 0 Å². The lowest BCUT2D eigenvalue weighted by Gasteiger charge is -2.31. The van der Waals surface area contributed by atoms with E-state index in [1.54, 1.807) is 0 Å². The summed E-state index contributed by atoms with van der Waals surface area (Å²) in [7, 11) is 0. The Labute approximate surface area is 287 Å². The maximum atomic E-state index is 2.50. The van der Waals surface area contributed by atoms with Crippen LogP contribution in [0.15, 0.2) is 194 Å². The number of hydrogen-bond acceptors (Lipinski definition) is 0. The maximum Gasteiger partial charge on any atom is 0.0726 e. The van der Waals surface area contributed by atoms with Crippen LogP contribution in [0.2, 0.25) is 0 Å². The standard InChI is InChI=1S/C49H32/c1-5-17-33(18-6-1)37-29-41(35-21-9-3-10-22-35)47-39-25-13-15-27-43(39)49(45(47)31-37)44-28-16-14-26-40(44)48-42(36-23-11-4-12-24-36)30-38(32-46(48)49)34-19-7-2-8-20-34/h1-32H. The van der Waals surface area contributed by atoms with Crippen LogP contribution in [0.1, 0.15) is 22.3 Å². The summed E-state index contributed by atoms with van der Waals surface area (Å²) in [4.78, 5) is 0. The number of benzene rings is 8. The molecule has 1 spiro atoms. The van der Waals surface area contributed by atoms with Crippen molar-refractivity contribution in [2.45, 2.75) is 5.41 Å². The van der Waals surface area contributed by atoms with E-state index in [-0.39, 0.29) is 0 Å². The SMILES string of the molecule is c1ccc(-c2cc(-c3ccccc3)c3c(c2)C2(c4ccccc4-3)c3ccccc3-c3c(-c4ccccc4)cc(-c4ccccc4)cc32)cc1. The van der Waals surface area contributed by atoms with Gasteiger partial charge in [0.1, 0.15) is 0 Å². The zero-order valence-corrected chi connectivity index (χ0v) is 27.0. The molecule has 0 unspecified atom stereocenters. The Morgan fingerprint density at radius 2 is 0.551 bits per heavy atom. The molecule has 228 valence electrons. The smallest absolute Gasteiger partial charge is 0.0622 e. The first kappa shape index (κ1) is 27.8. The third-order valence-corrected chi connectivity index (χ3v) is 10.7. The number of hydrogen-bond donors (Lipinski definition) is 0. The van der Waals surface area contributed by atoms with Gasteiger partial charge in [-0.25, -0.2) is 0 Å². The molecular weight excluding hydrogens is 589 g/mol. The van der Waals surface area contributed by atoms with E-state index in [4.69, 9.17) is 0 Å². The third-order valence-electron chi connectivity index (χ3n) is 10.7. The van der Waals surface area contributed by atoms with Crippen LogP contribution in [0.4, 0.5) is 0 Å². The van der Waals surface area contributed by atoms with Crippen LogP contribution in [0, 0.1) is 0 Å². The highest BCUT2D eigenvalue weighted by Crippen LogP contribution is 2.66. The van der Waals surface area contributed by atoms with E-state index in [9.17, 15) is 0 Å². The normalized spacial score (nSPS) is 13.1. The highest BCUT2D eigenvalue weighted by molar-refractivity contribution is 6.04. The fourth-order valence-corrected chi connectivity index (χ4v) is 8.67. The molecule has 2 aliphatic rings. The van der Waals surface area contributed by atoms with Crippen molar-refractivity contribution in [3.63, 3.8) is 0 Å². The van der Waals surface area contributed by atoms with Gasteiger partial charge in [-0.3, -0.25) is 0 Å². The van der Waals surface area contributed by atoms with Gasteiger partial charge in [-0.1, -0.05) is 170 Å². The van der Waals surface area contributed by atoms with E-state index in [0.29, 0.717) is 0 Å². The fourth-order valence-electron chi connectivity index (χ4n) is 8.67. The van der Waals surface area contributed by atoms with Gasteiger partial charge in [0.25, 0.3) is 0 Å². The lowest BCUT2D eigenvalue weighted by Crippen LogP contribution is -2.26. The van der Waals surface area contributed by atoms with E-state index in [1.807, 2.05) is 0 Å². The Bertz CT molecular complexity index is 2330. The number of rotatable bonds is 4. The summed E-state index contributed by atoms with van der Waals surface area (Å²) in [6.45, 7) is 0. The highest BCUT2D eigenvalue weighted by Gasteiger charge is 2.53. The van der Waals surface area contributed by atoms with Crippen molar-refractivity contribution in [2.75, 3.05) is 0 Å². The summed E-state index contributed by atoms with van der Waals surface area (Å²) in [5.41, 5.74) is 20.1. The van der Waals surface area contributed by atoms with Crippen LogP contribution < -0.4 is 0 Å². The van der Waals surface area contributed by atoms with Crippen molar-refractivity contribution < 1.29 is 0 Å². The molecule has 0 amide bonds. The van der Waals surface area contributed by atoms with Crippen LogP contribution in [0.5, 0.6) is 0 Å². The van der Waals surface area contributed by atoms with E-state index in [0.717, 1.165) is 0 Å². The summed E-state index contributed by atoms with van der Waals surface area (Å²) in [6.07, 6.45) is 0. The summed E-state index contributed by atoms with van der Waals surface area (Å²) >= 11 is 0. The van der Waals surface area contributed by atoms with Crippen molar-refractivity contribution in [3.8, 4) is 66.8 Å². The second-order valence-electron chi connectivity index (χ2n) is 13.2. The molecular formula is C49H32. The number of fused-ring (bicyclic) bond motifs is 10. The van der Waals surface area contributed by atoms with Crippen molar-refractivity contribution in [1.82, 2.24) is 0 Å². The summed E-state index contributed by atoms with van der Waals surface area (Å²) in [5.74, 6) is 0. The topological polar surface area (TPSA) is 0 Å². The Morgan fingerprint density at radius 1 is 0.224 bits per heavy atom. The van der Waals surface area contributed by atoms with Crippen LogP contribution in [0.25, 0.3) is 66.8 Å². The Morgan fingerprint density at radius 3 is 0.939 bits per heavy atom. The first-order chi connectivity index (χ1) is 24.3. The van der Waals surface area contributed by atoms with Crippen LogP contribution in [-0.2, 0) is 5.41 Å². The first-order valence-corrected chi connectivity index (χ1v) is 17.1. The summed E-state index contributed by atoms with van der Waals surface area (Å²) < 4.78 is 0. The lowest BCUT2D eigenvalue weighted by molar-refractivity contribution is 0.794. The molecule has 0 nitrogen and oxygen atoms in total. The van der Waals surface area contributed by atoms with Gasteiger partial charge < -0.3 is 0 Å². The molecule has 0 heteroatoms. The third kappa shape index (κ3) is 4.04. The van der Waals surface area contributed by atoms with E-state index in [2.05, 4.69) is 194 Å². The average molecular weight is 621 g/mol. The Balaban J connectivity index is 1.40. The molecule has 0 saturated heterocycles. The Kier molecular flexibility index (Phi) is 6.19. The zero-order valence-electron chi connectivity index (χ0n) is 27.0. The van der Waals surface area contributed by atoms with Crippen molar-refractivity contribution in [3.05, 3.63) is 216 Å². The van der Waals surface area contributed by atoms with Gasteiger partial charge >= 0.3 is 0 Å². The largest absolute Gasteiger partial charge is 0.0726 e. The summed E-state index contributed by atoms with van der Waals surface area (Å²) in [5, 5.41) is 0. The van der Waals surface area contributed by atoms with E-state index in [1.165, 1.54) is 89.0 Å². The van der Waals surface area contributed by atoms with Crippen molar-refractivity contribution >= 4 is 0 Å². The Hall–Kier alpha value is -6.24. The molecule has 0 radical (unpaired) electrons. The van der Waals surface area contributed by atoms with Crippen LogP contribution >= 0.6 is 0 Å². The van der Waals surface area contributed by atoms with E-state index >= 15 is 0 Å². The minimum atomic E-state index is -0.500. The van der Waals surface area contributed by atoms with Gasteiger partial charge in [-0.2, -0.15) is 0 Å². The molecule has 2 aliphatic carbocycles. The molecule has 8 aromatic carbocycles. The monoisotopic (exact) mass is 620 g/mol. The zero-order chi connectivity index (χ0) is 32.4. The molecule has 0 fully saturated rings. The molecule has 10 rings (SSSR count). The van der Waals surface area contributed by atoms with Crippen LogP contribution in [-0.4, -0.2) is 0 Å². The fraction of sp³-hybridized carbons (Fsp3) is 0.0204. The minimum absolute atomic E-state index is 0.500. The minimum Gasteiger partial charge on any atom is -0.0622 e. The highest BCUT2D eigenvalue weighted by atomic mass is 14.5. The molecule has 0 aromatic heterocycles. The molecule has 0 aliphatic heterocycles. The molecule has 0 bridgehead atoms. The molecule has 0 heterocycles. The predicted molar refractivity (Wildman–Crippen MR) is 204 cm³/mol. The van der Waals surface area contributed by atoms with Gasteiger partial charge in [0.05, 0.1) is 5.41 Å². The maximum absolute atomic E-state index is 2.50. The van der Waals surface area contributed by atoms with Gasteiger partial charge in [-0.15, -0.1) is 0 Å². The van der Waals surface area contributed by atoms with Gasteiger partial charge in [0.2, 0.25) is 0 Å². The average Bonchev–Trinajstić information content (AvgIpc) is 3.66. The second-order valence-corrected chi connectivity index (χ2v) is 13.2. The lowest BCUT2D eigenvalue weighted by atomic mass is 9.69. The first-order valence-electron chi connectivity index (χ1n) is 17.1. The second kappa shape index (κ2) is 10.9. The molecule has 0 atom stereocenters. The molecule has 0 N–H and O–H groups in total. The molecule has 49 heavy (non-hydrogen) atoms. The summed E-state index contributed by atoms with van der Waals surface area (Å²) in [6, 6.07) is 71.8. The van der Waals surface area contributed by atoms with Gasteiger partial charge in [0, 0.05) is 0 Å². The molecule has 0 saturated carbocycles. The van der Waals surface area contributed by atoms with E-state index < -0.39 is 5.41 Å². The predicted octanol–water partition coefficient (Wildman–Crippen LogP) is 12.7. The quantitative estimate of drug-likeness (QED) is 0.184. The van der Waals surface area contributed by atoms with Crippen LogP contribution in [0.3, 0.4) is 0 Å².